The first-order chi connectivity index (χ1) is 14.1. The van der Waals surface area contributed by atoms with Gasteiger partial charge in [0.25, 0.3) is 0 Å². The SMILES string of the molecule is CCC#CC[C@H](C)[C@H](O)C=C[C@H]1CCC(=O)N1CCCCCCC(=O)NS(C)(=O)=O. The van der Waals surface area contributed by atoms with E-state index < -0.39 is 22.0 Å². The molecule has 1 aliphatic rings. The number of hydrogen-bond acceptors (Lipinski definition) is 5. The van der Waals surface area contributed by atoms with Crippen LogP contribution in [-0.4, -0.2) is 55.2 Å². The molecule has 3 atom stereocenters. The Morgan fingerprint density at radius 1 is 1.30 bits per heavy atom. The summed E-state index contributed by atoms with van der Waals surface area (Å²) in [5.74, 6) is 5.77. The van der Waals surface area contributed by atoms with Crippen LogP contribution < -0.4 is 4.72 Å². The molecule has 7 nitrogen and oxygen atoms in total. The zero-order chi connectivity index (χ0) is 22.6. The topological polar surface area (TPSA) is 104 Å². The zero-order valence-corrected chi connectivity index (χ0v) is 19.2. The lowest BCUT2D eigenvalue weighted by Crippen LogP contribution is -2.33. The van der Waals surface area contributed by atoms with Crippen molar-refractivity contribution >= 4 is 21.8 Å². The molecule has 0 aliphatic carbocycles. The fourth-order valence-corrected chi connectivity index (χ4v) is 3.85. The maximum Gasteiger partial charge on any atom is 0.233 e. The highest BCUT2D eigenvalue weighted by Crippen LogP contribution is 2.22. The molecule has 2 amide bonds. The number of likely N-dealkylation sites (tertiary alicyclic amines) is 1. The summed E-state index contributed by atoms with van der Waals surface area (Å²) < 4.78 is 23.9. The van der Waals surface area contributed by atoms with E-state index in [2.05, 4.69) is 11.8 Å². The van der Waals surface area contributed by atoms with E-state index in [4.69, 9.17) is 0 Å². The largest absolute Gasteiger partial charge is 0.389 e. The van der Waals surface area contributed by atoms with Gasteiger partial charge in [-0.1, -0.05) is 38.8 Å². The van der Waals surface area contributed by atoms with Gasteiger partial charge in [-0.3, -0.25) is 14.3 Å². The van der Waals surface area contributed by atoms with Crippen LogP contribution in [0.2, 0.25) is 0 Å². The molecule has 8 heteroatoms. The second-order valence-electron chi connectivity index (χ2n) is 7.92. The van der Waals surface area contributed by atoms with Gasteiger partial charge in [-0.05, 0) is 25.2 Å². The molecule has 0 bridgehead atoms. The van der Waals surface area contributed by atoms with E-state index in [-0.39, 0.29) is 24.3 Å². The Hall–Kier alpha value is -1.85. The molecular formula is C22H36N2O5S. The first-order valence-electron chi connectivity index (χ1n) is 10.8. The van der Waals surface area contributed by atoms with Crippen molar-refractivity contribution in [3.05, 3.63) is 12.2 Å². The second kappa shape index (κ2) is 13.5. The molecule has 1 aliphatic heterocycles. The number of nitrogens with zero attached hydrogens (tertiary/aromatic N) is 1. The first-order valence-corrected chi connectivity index (χ1v) is 12.7. The maximum atomic E-state index is 12.2. The van der Waals surface area contributed by atoms with Gasteiger partial charge in [-0.15, -0.1) is 11.8 Å². The van der Waals surface area contributed by atoms with Crippen molar-refractivity contribution in [1.29, 1.82) is 0 Å². The van der Waals surface area contributed by atoms with Crippen LogP contribution in [0.3, 0.4) is 0 Å². The van der Waals surface area contributed by atoms with Crippen molar-refractivity contribution in [1.82, 2.24) is 9.62 Å². The fraction of sp³-hybridized carbons (Fsp3) is 0.727. The molecule has 0 aromatic carbocycles. The van der Waals surface area contributed by atoms with Crippen LogP contribution in [0.5, 0.6) is 0 Å². The lowest BCUT2D eigenvalue weighted by Gasteiger charge is -2.23. The van der Waals surface area contributed by atoms with E-state index in [1.807, 2.05) is 29.5 Å². The Balaban J connectivity index is 2.35. The Bertz CT molecular complexity index is 751. The summed E-state index contributed by atoms with van der Waals surface area (Å²) in [4.78, 5) is 25.5. The molecule has 0 radical (unpaired) electrons. The van der Waals surface area contributed by atoms with Crippen LogP contribution in [-0.2, 0) is 19.6 Å². The number of carbonyl (C=O) groups excluding carboxylic acids is 2. The van der Waals surface area contributed by atoms with Crippen LogP contribution in [0.1, 0.15) is 71.6 Å². The number of rotatable bonds is 12. The van der Waals surface area contributed by atoms with Crippen molar-refractivity contribution in [2.24, 2.45) is 5.92 Å². The van der Waals surface area contributed by atoms with Crippen LogP contribution in [0.25, 0.3) is 0 Å². The molecule has 0 aromatic heterocycles. The quantitative estimate of drug-likeness (QED) is 0.275. The van der Waals surface area contributed by atoms with E-state index in [0.29, 0.717) is 25.8 Å². The van der Waals surface area contributed by atoms with Crippen molar-refractivity contribution in [3.8, 4) is 11.8 Å². The molecule has 1 fully saturated rings. The third kappa shape index (κ3) is 10.8. The minimum atomic E-state index is -3.49. The smallest absolute Gasteiger partial charge is 0.233 e. The summed E-state index contributed by atoms with van der Waals surface area (Å²) >= 11 is 0. The molecule has 1 rings (SSSR count). The van der Waals surface area contributed by atoms with Gasteiger partial charge < -0.3 is 10.0 Å². The lowest BCUT2D eigenvalue weighted by molar-refractivity contribution is -0.128. The molecule has 1 saturated heterocycles. The highest BCUT2D eigenvalue weighted by Gasteiger charge is 2.28. The van der Waals surface area contributed by atoms with Gasteiger partial charge in [0.2, 0.25) is 21.8 Å². The normalized spacial score (nSPS) is 18.9. The van der Waals surface area contributed by atoms with E-state index in [9.17, 15) is 23.1 Å². The maximum absolute atomic E-state index is 12.2. The molecular weight excluding hydrogens is 404 g/mol. The summed E-state index contributed by atoms with van der Waals surface area (Å²) in [5.41, 5.74) is 0. The van der Waals surface area contributed by atoms with E-state index >= 15 is 0 Å². The Labute approximate surface area is 181 Å². The monoisotopic (exact) mass is 440 g/mol. The van der Waals surface area contributed by atoms with Gasteiger partial charge in [0, 0.05) is 32.2 Å². The molecule has 0 aromatic rings. The Morgan fingerprint density at radius 2 is 2.00 bits per heavy atom. The second-order valence-corrected chi connectivity index (χ2v) is 9.67. The number of aliphatic hydroxyl groups is 1. The number of hydrogen-bond donors (Lipinski definition) is 2. The van der Waals surface area contributed by atoms with E-state index in [0.717, 1.165) is 38.4 Å². The van der Waals surface area contributed by atoms with Crippen LogP contribution in [0, 0.1) is 17.8 Å². The predicted octanol–water partition coefficient (Wildman–Crippen LogP) is 2.36. The fourth-order valence-electron chi connectivity index (χ4n) is 3.34. The lowest BCUT2D eigenvalue weighted by atomic mass is 10.00. The van der Waals surface area contributed by atoms with Crippen LogP contribution in [0.4, 0.5) is 0 Å². The van der Waals surface area contributed by atoms with Crippen molar-refractivity contribution in [2.45, 2.75) is 83.8 Å². The average Bonchev–Trinajstić information content (AvgIpc) is 3.01. The molecule has 0 spiro atoms. The van der Waals surface area contributed by atoms with Gasteiger partial charge in [0.05, 0.1) is 18.4 Å². The number of sulfonamides is 1. The molecule has 0 saturated carbocycles. The third-order valence-electron chi connectivity index (χ3n) is 5.07. The zero-order valence-electron chi connectivity index (χ0n) is 18.4. The molecule has 1 heterocycles. The first kappa shape index (κ1) is 26.2. The highest BCUT2D eigenvalue weighted by molar-refractivity contribution is 7.89. The van der Waals surface area contributed by atoms with Crippen molar-refractivity contribution < 1.29 is 23.1 Å². The van der Waals surface area contributed by atoms with Gasteiger partial charge in [-0.2, -0.15) is 0 Å². The van der Waals surface area contributed by atoms with Gasteiger partial charge in [-0.25, -0.2) is 8.42 Å². The summed E-state index contributed by atoms with van der Waals surface area (Å²) in [5, 5.41) is 10.3. The summed E-state index contributed by atoms with van der Waals surface area (Å²) in [6.07, 6.45) is 10.1. The van der Waals surface area contributed by atoms with E-state index in [1.165, 1.54) is 0 Å². The Kier molecular flexibility index (Phi) is 11.7. The number of nitrogens with one attached hydrogen (secondary N) is 1. The van der Waals surface area contributed by atoms with Crippen LogP contribution >= 0.6 is 0 Å². The predicted molar refractivity (Wildman–Crippen MR) is 118 cm³/mol. The summed E-state index contributed by atoms with van der Waals surface area (Å²) in [6.45, 7) is 4.61. The molecule has 2 N–H and O–H groups in total. The number of unbranched alkanes of at least 4 members (excludes halogenated alkanes) is 3. The standard InChI is InChI=1S/C22H36N2O5S/c1-4-5-8-11-18(2)20(25)15-13-19-14-16-22(27)24(19)17-10-7-6-9-12-21(26)23-30(3,28)29/h13,15,18-20,25H,4,6-7,9-12,14,16-17H2,1-3H3,(H,23,26)/t18-,19-,20+/m0/s1. The van der Waals surface area contributed by atoms with Gasteiger partial charge in [0.15, 0.2) is 0 Å². The number of amides is 2. The molecule has 170 valence electrons. The van der Waals surface area contributed by atoms with Gasteiger partial charge in [0.1, 0.15) is 0 Å². The number of aliphatic hydroxyl groups excluding tert-OH is 1. The molecule has 0 unspecified atom stereocenters. The summed E-state index contributed by atoms with van der Waals surface area (Å²) in [6, 6.07) is 0.0154. The van der Waals surface area contributed by atoms with Crippen molar-refractivity contribution in [2.75, 3.05) is 12.8 Å². The minimum absolute atomic E-state index is 0.0154. The summed E-state index contributed by atoms with van der Waals surface area (Å²) in [7, 11) is -3.49. The Morgan fingerprint density at radius 3 is 2.67 bits per heavy atom. The van der Waals surface area contributed by atoms with Crippen LogP contribution in [0.15, 0.2) is 12.2 Å². The highest BCUT2D eigenvalue weighted by atomic mass is 32.2. The molecule has 30 heavy (non-hydrogen) atoms. The third-order valence-corrected chi connectivity index (χ3v) is 5.66. The van der Waals surface area contributed by atoms with Crippen molar-refractivity contribution in [3.63, 3.8) is 0 Å². The van der Waals surface area contributed by atoms with Gasteiger partial charge >= 0.3 is 0 Å². The average molecular weight is 441 g/mol. The number of carbonyl (C=O) groups is 2. The van der Waals surface area contributed by atoms with E-state index in [1.54, 1.807) is 6.08 Å². The minimum Gasteiger partial charge on any atom is -0.389 e.